The molecule has 0 saturated carbocycles. The molecule has 0 amide bonds. The number of alkyl halides is 3. The Kier molecular flexibility index (Phi) is 5.63. The second-order valence-corrected chi connectivity index (χ2v) is 3.54. The quantitative estimate of drug-likeness (QED) is 0.489. The SMILES string of the molecule is Cn1nc([B-](F)(F)F)c(Br)c1C(F)(F)F.[K+]. The van der Waals surface area contributed by atoms with Crippen molar-refractivity contribution in [2.24, 2.45) is 7.05 Å². The Morgan fingerprint density at radius 2 is 1.69 bits per heavy atom. The first-order valence-electron chi connectivity index (χ1n) is 3.54. The average molecular weight is 335 g/mol. The summed E-state index contributed by atoms with van der Waals surface area (Å²) in [5.41, 5.74) is -2.97. The fourth-order valence-electron chi connectivity index (χ4n) is 1.04. The Balaban J connectivity index is 0.00000225. The van der Waals surface area contributed by atoms with Gasteiger partial charge >= 0.3 is 64.5 Å². The molecule has 1 aromatic heterocycles. The van der Waals surface area contributed by atoms with Crippen molar-refractivity contribution in [1.82, 2.24) is 9.78 Å². The molecule has 0 saturated heterocycles. The van der Waals surface area contributed by atoms with Gasteiger partial charge < -0.3 is 12.9 Å². The number of nitrogens with zero attached hydrogens (tertiary/aromatic N) is 2. The van der Waals surface area contributed by atoms with Crippen molar-refractivity contribution in [3.05, 3.63) is 10.2 Å². The van der Waals surface area contributed by atoms with E-state index in [1.54, 1.807) is 0 Å². The number of hydrogen-bond acceptors (Lipinski definition) is 1. The van der Waals surface area contributed by atoms with Gasteiger partial charge in [-0.1, -0.05) is 0 Å². The Bertz CT molecular complexity index is 385. The minimum atomic E-state index is -5.56. The Labute approximate surface area is 137 Å². The zero-order valence-electron chi connectivity index (χ0n) is 8.12. The molecule has 0 aliphatic rings. The minimum absolute atomic E-state index is 0. The third-order valence-corrected chi connectivity index (χ3v) is 2.37. The third kappa shape index (κ3) is 3.48. The molecule has 0 fully saturated rings. The zero-order chi connectivity index (χ0) is 12.0. The number of aromatic nitrogens is 2. The molecule has 0 bridgehead atoms. The van der Waals surface area contributed by atoms with Crippen molar-refractivity contribution in [2.75, 3.05) is 0 Å². The van der Waals surface area contributed by atoms with Gasteiger partial charge in [0.25, 0.3) is 0 Å². The molecule has 0 spiro atoms. The Hall–Kier alpha value is 0.971. The summed E-state index contributed by atoms with van der Waals surface area (Å²) in [5, 5.41) is 2.80. The molecule has 1 rings (SSSR count). The molecule has 86 valence electrons. The molecule has 2 nitrogen and oxygen atoms in total. The fourth-order valence-corrected chi connectivity index (χ4v) is 1.86. The predicted molar refractivity (Wildman–Crippen MR) is 44.6 cm³/mol. The molecule has 0 aromatic carbocycles. The summed E-state index contributed by atoms with van der Waals surface area (Å²) in [6.45, 7) is -5.56. The van der Waals surface area contributed by atoms with Gasteiger partial charge in [0.2, 0.25) is 0 Å². The number of aryl methyl sites for hydroxylation is 1. The smallest absolute Gasteiger partial charge is 0.444 e. The van der Waals surface area contributed by atoms with Gasteiger partial charge in [-0.2, -0.15) is 13.2 Å². The largest absolute Gasteiger partial charge is 1.00 e. The monoisotopic (exact) mass is 334 g/mol. The van der Waals surface area contributed by atoms with Crippen molar-refractivity contribution in [2.45, 2.75) is 6.18 Å². The molecule has 0 unspecified atom stereocenters. The summed E-state index contributed by atoms with van der Waals surface area (Å²) < 4.78 is 72.5. The van der Waals surface area contributed by atoms with Gasteiger partial charge in [-0.05, 0) is 15.9 Å². The van der Waals surface area contributed by atoms with Crippen LogP contribution in [0.25, 0.3) is 0 Å². The van der Waals surface area contributed by atoms with E-state index >= 15 is 0 Å². The maximum Gasteiger partial charge on any atom is 1.00 e. The summed E-state index contributed by atoms with van der Waals surface area (Å²) in [7, 11) is 0.804. The number of rotatable bonds is 1. The van der Waals surface area contributed by atoms with E-state index in [9.17, 15) is 26.1 Å². The maximum atomic E-state index is 12.3. The van der Waals surface area contributed by atoms with Gasteiger partial charge in [0.05, 0.1) is 0 Å². The third-order valence-electron chi connectivity index (χ3n) is 1.59. The van der Waals surface area contributed by atoms with Crippen LogP contribution in [0.5, 0.6) is 0 Å². The summed E-state index contributed by atoms with van der Waals surface area (Å²) in [6, 6.07) is 0. The Morgan fingerprint density at radius 1 is 1.25 bits per heavy atom. The van der Waals surface area contributed by atoms with E-state index in [1.807, 2.05) is 0 Å². The van der Waals surface area contributed by atoms with Gasteiger partial charge in [-0.25, -0.2) is 5.10 Å². The number of halogens is 7. The van der Waals surface area contributed by atoms with Gasteiger partial charge in [0, 0.05) is 17.1 Å². The first-order valence-corrected chi connectivity index (χ1v) is 4.34. The summed E-state index contributed by atoms with van der Waals surface area (Å²) in [5.74, 6) is 0. The molecule has 11 heteroatoms. The second-order valence-electron chi connectivity index (χ2n) is 2.74. The molecule has 0 N–H and O–H groups in total. The Morgan fingerprint density at radius 3 is 1.88 bits per heavy atom. The van der Waals surface area contributed by atoms with E-state index in [4.69, 9.17) is 0 Å². The van der Waals surface area contributed by atoms with Crippen LogP contribution in [0.1, 0.15) is 5.69 Å². The first kappa shape index (κ1) is 17.0. The molecule has 0 aliphatic carbocycles. The molecule has 1 heterocycles. The molecular weight excluding hydrogens is 332 g/mol. The maximum absolute atomic E-state index is 12.3. The van der Waals surface area contributed by atoms with E-state index in [0.29, 0.717) is 0 Å². The predicted octanol–water partition coefficient (Wildman–Crippen LogP) is -0.740. The molecule has 0 atom stereocenters. The molecule has 0 radical (unpaired) electrons. The average Bonchev–Trinajstić information content (AvgIpc) is 2.22. The van der Waals surface area contributed by atoms with Crippen molar-refractivity contribution >= 4 is 28.5 Å². The second kappa shape index (κ2) is 5.31. The summed E-state index contributed by atoms with van der Waals surface area (Å²) in [4.78, 5) is 0. The van der Waals surface area contributed by atoms with Crippen LogP contribution in [0.4, 0.5) is 26.1 Å². The standard InChI is InChI=1S/C5H3BBrF6N2.K/c1-15-3(5(8,9)10)2(7)4(14-15)6(11,12)13;/h1H3;/q-1;+1. The van der Waals surface area contributed by atoms with Crippen molar-refractivity contribution in [3.8, 4) is 0 Å². The topological polar surface area (TPSA) is 17.8 Å². The molecular formula is C5H3BBrF6KN2. The van der Waals surface area contributed by atoms with E-state index in [2.05, 4.69) is 21.0 Å². The summed E-state index contributed by atoms with van der Waals surface area (Å²) >= 11 is 2.27. The van der Waals surface area contributed by atoms with Gasteiger partial charge in [-0.3, -0.25) is 4.68 Å². The molecule has 0 aliphatic heterocycles. The zero-order valence-corrected chi connectivity index (χ0v) is 12.8. The normalized spacial score (nSPS) is 12.5. The fraction of sp³-hybridized carbons (Fsp3) is 0.400. The van der Waals surface area contributed by atoms with Crippen LogP contribution in [0, 0.1) is 0 Å². The van der Waals surface area contributed by atoms with Crippen LogP contribution in [-0.4, -0.2) is 16.8 Å². The van der Waals surface area contributed by atoms with Gasteiger partial charge in [0.15, 0.2) is 5.69 Å². The summed E-state index contributed by atoms with van der Waals surface area (Å²) in [6.07, 6.45) is -4.87. The van der Waals surface area contributed by atoms with Crippen LogP contribution in [0.15, 0.2) is 4.47 Å². The van der Waals surface area contributed by atoms with E-state index in [0.717, 1.165) is 7.05 Å². The van der Waals surface area contributed by atoms with E-state index in [1.165, 1.54) is 0 Å². The molecule has 1 aromatic rings. The number of hydrogen-bond donors (Lipinski definition) is 0. The van der Waals surface area contributed by atoms with Crippen LogP contribution in [0.2, 0.25) is 0 Å². The van der Waals surface area contributed by atoms with Crippen LogP contribution in [0.3, 0.4) is 0 Å². The van der Waals surface area contributed by atoms with Crippen molar-refractivity contribution < 1.29 is 77.5 Å². The van der Waals surface area contributed by atoms with Crippen LogP contribution < -0.4 is 57.0 Å². The van der Waals surface area contributed by atoms with Gasteiger partial charge in [-0.15, -0.1) is 0 Å². The van der Waals surface area contributed by atoms with Crippen molar-refractivity contribution in [3.63, 3.8) is 0 Å². The van der Waals surface area contributed by atoms with Crippen molar-refractivity contribution in [1.29, 1.82) is 0 Å². The van der Waals surface area contributed by atoms with Gasteiger partial charge in [0.1, 0.15) is 0 Å². The first-order chi connectivity index (χ1) is 6.55. The van der Waals surface area contributed by atoms with Crippen LogP contribution in [-0.2, 0) is 13.2 Å². The van der Waals surface area contributed by atoms with E-state index < -0.39 is 28.9 Å². The molecule has 16 heavy (non-hydrogen) atoms. The van der Waals surface area contributed by atoms with Crippen LogP contribution >= 0.6 is 15.9 Å². The minimum Gasteiger partial charge on any atom is -0.444 e. The van der Waals surface area contributed by atoms with E-state index in [-0.39, 0.29) is 56.1 Å².